The number of hydrogen-bond donors (Lipinski definition) is 2. The molecule has 0 fully saturated rings. The number of hydrogen-bond acceptors (Lipinski definition) is 10. The van der Waals surface area contributed by atoms with Crippen LogP contribution < -0.4 is 34.5 Å². The van der Waals surface area contributed by atoms with Gasteiger partial charge in [-0.25, -0.2) is 8.42 Å². The van der Waals surface area contributed by atoms with E-state index in [0.717, 1.165) is 11.8 Å². The van der Waals surface area contributed by atoms with Gasteiger partial charge in [-0.2, -0.15) is 20.5 Å². The third kappa shape index (κ3) is 8.37. The van der Waals surface area contributed by atoms with Crippen molar-refractivity contribution in [3.63, 3.8) is 0 Å². The molecule has 12 heteroatoms. The fraction of sp³-hybridized carbons (Fsp3) is 0.182. The molecule has 3 aromatic carbocycles. The molecule has 0 unspecified atom stereocenters. The van der Waals surface area contributed by atoms with Gasteiger partial charge >= 0.3 is 29.6 Å². The number of nitrogens with zero attached hydrogens (tertiary/aromatic N) is 5. The summed E-state index contributed by atoms with van der Waals surface area (Å²) in [6.45, 7) is 0.833. The summed E-state index contributed by atoms with van der Waals surface area (Å²) in [6, 6.07) is 19.4. The van der Waals surface area contributed by atoms with Crippen LogP contribution in [-0.2, 0) is 10.1 Å². The van der Waals surface area contributed by atoms with Crippen LogP contribution in [0.3, 0.4) is 0 Å². The third-order valence-electron chi connectivity index (χ3n) is 4.47. The van der Waals surface area contributed by atoms with E-state index in [2.05, 4.69) is 20.5 Å². The molecule has 0 aliphatic heterocycles. The van der Waals surface area contributed by atoms with Crippen molar-refractivity contribution in [1.29, 1.82) is 0 Å². The van der Waals surface area contributed by atoms with E-state index < -0.39 is 10.1 Å². The van der Waals surface area contributed by atoms with Gasteiger partial charge in [0.25, 0.3) is 0 Å². The molecule has 0 aliphatic carbocycles. The SMILES string of the molecule is O=S(=O)([O-])c1cccc(N=Nc2ccc(N=Nc3ccc(N(CCO)CCO)cc3)cc2)c1.[Na+]. The number of aliphatic hydroxyl groups is 2. The second-order valence-corrected chi connectivity index (χ2v) is 8.20. The zero-order valence-corrected chi connectivity index (χ0v) is 21.3. The van der Waals surface area contributed by atoms with Crippen LogP contribution in [0.2, 0.25) is 0 Å². The van der Waals surface area contributed by atoms with E-state index in [1.807, 2.05) is 17.0 Å². The molecule has 0 saturated carbocycles. The van der Waals surface area contributed by atoms with Crippen molar-refractivity contribution in [3.8, 4) is 0 Å². The maximum absolute atomic E-state index is 11.1. The Kier molecular flexibility index (Phi) is 10.9. The number of benzene rings is 3. The Morgan fingerprint density at radius 2 is 1.15 bits per heavy atom. The van der Waals surface area contributed by atoms with Crippen molar-refractivity contribution in [3.05, 3.63) is 72.8 Å². The second-order valence-electron chi connectivity index (χ2n) is 6.82. The molecular weight excluding hydrogens is 469 g/mol. The van der Waals surface area contributed by atoms with Gasteiger partial charge in [0, 0.05) is 18.8 Å². The Balaban J connectivity index is 0.00000408. The molecule has 10 nitrogen and oxygen atoms in total. The first-order valence-corrected chi connectivity index (χ1v) is 11.4. The van der Waals surface area contributed by atoms with Crippen molar-refractivity contribution < 1.29 is 52.7 Å². The van der Waals surface area contributed by atoms with Crippen LogP contribution in [0.4, 0.5) is 28.4 Å². The van der Waals surface area contributed by atoms with Gasteiger partial charge < -0.3 is 19.7 Å². The normalized spacial score (nSPS) is 11.6. The summed E-state index contributed by atoms with van der Waals surface area (Å²) in [5.41, 5.74) is 2.87. The predicted octanol–water partition coefficient (Wildman–Crippen LogP) is 1.22. The molecule has 2 N–H and O–H groups in total. The molecule has 0 aromatic heterocycles. The van der Waals surface area contributed by atoms with Gasteiger partial charge in [-0.3, -0.25) is 0 Å². The van der Waals surface area contributed by atoms with Crippen molar-refractivity contribution in [2.45, 2.75) is 4.90 Å². The standard InChI is InChI=1S/C22H23N5O5S.Na/c28-14-12-27(13-15-29)21-10-8-19(9-11-21)24-23-17-4-6-18(7-5-17)25-26-20-2-1-3-22(16-20)33(30,31)32;/h1-11,16,28-29H,12-15H2,(H,30,31,32);/q;+1/p-1. The van der Waals surface area contributed by atoms with E-state index in [1.54, 1.807) is 42.5 Å². The molecule has 0 bridgehead atoms. The fourth-order valence-electron chi connectivity index (χ4n) is 2.86. The van der Waals surface area contributed by atoms with Gasteiger partial charge in [0.05, 0.1) is 40.9 Å². The second kappa shape index (κ2) is 13.4. The van der Waals surface area contributed by atoms with Crippen LogP contribution in [0.1, 0.15) is 0 Å². The largest absolute Gasteiger partial charge is 1.00 e. The van der Waals surface area contributed by atoms with Crippen LogP contribution in [0.5, 0.6) is 0 Å². The number of aliphatic hydroxyl groups excluding tert-OH is 2. The Hall–Kier alpha value is -2.51. The molecule has 0 spiro atoms. The van der Waals surface area contributed by atoms with Crippen molar-refractivity contribution in [1.82, 2.24) is 0 Å². The molecule has 0 radical (unpaired) electrons. The molecule has 0 aliphatic rings. The fourth-order valence-corrected chi connectivity index (χ4v) is 3.37. The Bertz CT molecular complexity index is 1210. The van der Waals surface area contributed by atoms with E-state index in [9.17, 15) is 13.0 Å². The molecule has 34 heavy (non-hydrogen) atoms. The summed E-state index contributed by atoms with van der Waals surface area (Å²) >= 11 is 0. The molecule has 0 atom stereocenters. The zero-order chi connectivity index (χ0) is 23.7. The minimum absolute atomic E-state index is 0. The minimum Gasteiger partial charge on any atom is -0.744 e. The van der Waals surface area contributed by atoms with Crippen LogP contribution >= 0.6 is 0 Å². The molecule has 3 rings (SSSR count). The maximum atomic E-state index is 11.1. The first kappa shape index (κ1) is 27.7. The monoisotopic (exact) mass is 491 g/mol. The third-order valence-corrected chi connectivity index (χ3v) is 5.30. The quantitative estimate of drug-likeness (QED) is 0.247. The van der Waals surface area contributed by atoms with E-state index in [1.165, 1.54) is 12.1 Å². The van der Waals surface area contributed by atoms with E-state index in [4.69, 9.17) is 10.2 Å². The summed E-state index contributed by atoms with van der Waals surface area (Å²) < 4.78 is 33.3. The predicted molar refractivity (Wildman–Crippen MR) is 122 cm³/mol. The Labute approximate surface area is 219 Å². The van der Waals surface area contributed by atoms with E-state index in [0.29, 0.717) is 30.2 Å². The van der Waals surface area contributed by atoms with Crippen LogP contribution in [-0.4, -0.2) is 49.5 Å². The van der Waals surface area contributed by atoms with Crippen LogP contribution in [0.25, 0.3) is 0 Å². The number of rotatable bonds is 10. The summed E-state index contributed by atoms with van der Waals surface area (Å²) in [5, 5.41) is 34.6. The maximum Gasteiger partial charge on any atom is 1.00 e. The first-order valence-electron chi connectivity index (χ1n) is 9.95. The van der Waals surface area contributed by atoms with Gasteiger partial charge in [0.2, 0.25) is 0 Å². The molecule has 172 valence electrons. The van der Waals surface area contributed by atoms with Gasteiger partial charge in [-0.15, -0.1) is 0 Å². The Morgan fingerprint density at radius 3 is 1.59 bits per heavy atom. The zero-order valence-electron chi connectivity index (χ0n) is 18.5. The Morgan fingerprint density at radius 1 is 0.706 bits per heavy atom. The first-order chi connectivity index (χ1) is 15.9. The van der Waals surface area contributed by atoms with E-state index >= 15 is 0 Å². The van der Waals surface area contributed by atoms with Crippen molar-refractivity contribution >= 4 is 38.6 Å². The summed E-state index contributed by atoms with van der Waals surface area (Å²) in [6.07, 6.45) is 0. The van der Waals surface area contributed by atoms with Crippen LogP contribution in [0.15, 0.2) is 98.1 Å². The number of azo groups is 2. The minimum atomic E-state index is -4.55. The van der Waals surface area contributed by atoms with Crippen LogP contribution in [0, 0.1) is 0 Å². The number of anilines is 1. The van der Waals surface area contributed by atoms with Gasteiger partial charge in [-0.05, 0) is 66.7 Å². The van der Waals surface area contributed by atoms with Crippen molar-refractivity contribution in [2.75, 3.05) is 31.2 Å². The van der Waals surface area contributed by atoms with E-state index in [-0.39, 0.29) is 53.4 Å². The summed E-state index contributed by atoms with van der Waals surface area (Å²) in [5.74, 6) is 0. The topological polar surface area (TPSA) is 150 Å². The molecule has 0 amide bonds. The molecule has 3 aromatic rings. The summed E-state index contributed by atoms with van der Waals surface area (Å²) in [7, 11) is -4.55. The summed E-state index contributed by atoms with van der Waals surface area (Å²) in [4.78, 5) is 1.50. The van der Waals surface area contributed by atoms with Gasteiger partial charge in [0.15, 0.2) is 0 Å². The van der Waals surface area contributed by atoms with Crippen molar-refractivity contribution in [2.24, 2.45) is 20.5 Å². The average Bonchev–Trinajstić information content (AvgIpc) is 2.82. The molecule has 0 heterocycles. The smallest absolute Gasteiger partial charge is 0.744 e. The van der Waals surface area contributed by atoms with Gasteiger partial charge in [0.1, 0.15) is 10.1 Å². The van der Waals surface area contributed by atoms with Gasteiger partial charge in [-0.1, -0.05) is 6.07 Å². The molecule has 0 saturated heterocycles. The molecular formula is C22H22N5NaO5S. The average molecular weight is 492 g/mol.